The first-order valence-electron chi connectivity index (χ1n) is 12.0. The molecule has 0 amide bonds. The number of aromatic nitrogens is 3. The van der Waals surface area contributed by atoms with E-state index in [-0.39, 0.29) is 36.8 Å². The van der Waals surface area contributed by atoms with E-state index in [2.05, 4.69) is 25.0 Å². The highest BCUT2D eigenvalue weighted by Crippen LogP contribution is 2.30. The Morgan fingerprint density at radius 3 is 2.50 bits per heavy atom. The van der Waals surface area contributed by atoms with Crippen molar-refractivity contribution in [3.05, 3.63) is 65.6 Å². The van der Waals surface area contributed by atoms with Crippen LogP contribution in [0, 0.1) is 11.6 Å². The highest BCUT2D eigenvalue weighted by molar-refractivity contribution is 6.07. The van der Waals surface area contributed by atoms with Gasteiger partial charge in [0.05, 0.1) is 17.7 Å². The number of ether oxygens (including phenoxy) is 3. The van der Waals surface area contributed by atoms with Crippen molar-refractivity contribution in [3.8, 4) is 11.6 Å². The quantitative estimate of drug-likeness (QED) is 0.131. The van der Waals surface area contributed by atoms with Crippen molar-refractivity contribution in [2.75, 3.05) is 26.4 Å². The van der Waals surface area contributed by atoms with Crippen molar-refractivity contribution in [1.29, 1.82) is 0 Å². The van der Waals surface area contributed by atoms with Crippen molar-refractivity contribution in [2.45, 2.75) is 25.7 Å². The van der Waals surface area contributed by atoms with E-state index in [0.29, 0.717) is 47.8 Å². The summed E-state index contributed by atoms with van der Waals surface area (Å²) < 4.78 is 78.9. The average Bonchev–Trinajstić information content (AvgIpc) is 2.91. The predicted molar refractivity (Wildman–Crippen MR) is 132 cm³/mol. The maximum Gasteiger partial charge on any atom is 0.573 e. The Balaban J connectivity index is 1.18. The summed E-state index contributed by atoms with van der Waals surface area (Å²) in [5, 5.41) is 13.6. The molecule has 2 heterocycles. The summed E-state index contributed by atoms with van der Waals surface area (Å²) in [6, 6.07) is 6.15. The zero-order chi connectivity index (χ0) is 28.7. The zero-order valence-corrected chi connectivity index (χ0v) is 20.8. The van der Waals surface area contributed by atoms with Crippen molar-refractivity contribution < 1.29 is 46.1 Å². The predicted octanol–water partition coefficient (Wildman–Crippen LogP) is 5.02. The van der Waals surface area contributed by atoms with Crippen LogP contribution in [0.3, 0.4) is 0 Å². The number of fused-ring (bicyclic) bond motifs is 3. The molecule has 0 unspecified atom stereocenters. The molecule has 0 radical (unpaired) electrons. The second-order valence-corrected chi connectivity index (χ2v) is 8.52. The topological polar surface area (TPSA) is 116 Å². The molecule has 0 saturated heterocycles. The second-order valence-electron chi connectivity index (χ2n) is 8.52. The minimum Gasteiger partial charge on any atom is -0.478 e. The van der Waals surface area contributed by atoms with E-state index in [1.807, 2.05) is 0 Å². The molecule has 0 atom stereocenters. The van der Waals surface area contributed by atoms with Crippen LogP contribution in [0.1, 0.15) is 28.8 Å². The van der Waals surface area contributed by atoms with Crippen LogP contribution in [0.4, 0.5) is 22.0 Å². The van der Waals surface area contributed by atoms with Gasteiger partial charge < -0.3 is 24.6 Å². The molecule has 0 saturated carbocycles. The molecule has 14 heteroatoms. The number of halogens is 5. The Kier molecular flexibility index (Phi) is 9.22. The summed E-state index contributed by atoms with van der Waals surface area (Å²) in [4.78, 5) is 24.0. The first kappa shape index (κ1) is 28.8. The highest BCUT2D eigenvalue weighted by Gasteiger charge is 2.34. The molecule has 0 aliphatic carbocycles. The molecule has 0 spiro atoms. The smallest absolute Gasteiger partial charge is 0.478 e. The number of benzene rings is 2. The number of unbranched alkanes of at least 4 members (excludes halogenated alkanes) is 1. The van der Waals surface area contributed by atoms with E-state index < -0.39 is 29.7 Å². The lowest BCUT2D eigenvalue weighted by Crippen LogP contribution is -2.20. The van der Waals surface area contributed by atoms with Crippen LogP contribution >= 0.6 is 0 Å². The van der Waals surface area contributed by atoms with Gasteiger partial charge in [-0.3, -0.25) is 0 Å². The number of nitrogens with zero attached hydrogens (tertiary/aromatic N) is 3. The van der Waals surface area contributed by atoms with Crippen LogP contribution in [0.25, 0.3) is 21.8 Å². The third-order valence-corrected chi connectivity index (χ3v) is 5.64. The van der Waals surface area contributed by atoms with Crippen molar-refractivity contribution in [2.24, 2.45) is 0 Å². The molecule has 0 aliphatic heterocycles. The monoisotopic (exact) mass is 566 g/mol. The Bertz CT molecular complexity index is 1480. The zero-order valence-electron chi connectivity index (χ0n) is 20.8. The molecule has 212 valence electrons. The van der Waals surface area contributed by atoms with Gasteiger partial charge in [0.15, 0.2) is 11.6 Å². The first-order valence-corrected chi connectivity index (χ1v) is 12.0. The van der Waals surface area contributed by atoms with Crippen LogP contribution in [0.5, 0.6) is 11.6 Å². The average molecular weight is 566 g/mol. The highest BCUT2D eigenvalue weighted by atomic mass is 19.4. The number of aromatic carboxylic acids is 1. The minimum atomic E-state index is -5.19. The lowest BCUT2D eigenvalue weighted by Gasteiger charge is -2.12. The molecule has 0 aliphatic rings. The van der Waals surface area contributed by atoms with Crippen LogP contribution in [0.15, 0.2) is 42.9 Å². The number of pyridine rings is 1. The number of alkyl halides is 3. The molecule has 2 N–H and O–H groups in total. The summed E-state index contributed by atoms with van der Waals surface area (Å²) in [6.07, 6.45) is -0.894. The van der Waals surface area contributed by atoms with Gasteiger partial charge in [0.1, 0.15) is 18.5 Å². The molecule has 0 fully saturated rings. The molecule has 4 aromatic rings. The molecule has 2 aromatic heterocycles. The Morgan fingerprint density at radius 1 is 1.00 bits per heavy atom. The fourth-order valence-corrected chi connectivity index (χ4v) is 3.86. The lowest BCUT2D eigenvalue weighted by atomic mass is 10.1. The number of carbonyl (C=O) groups is 1. The lowest BCUT2D eigenvalue weighted by molar-refractivity contribution is -0.276. The third kappa shape index (κ3) is 7.48. The van der Waals surface area contributed by atoms with Gasteiger partial charge in [-0.15, -0.1) is 13.2 Å². The molecule has 0 bridgehead atoms. The Labute approximate surface area is 223 Å². The SMILES string of the molecule is O=C(O)c1ccc2c(c1)nc(OCCOCCCCNCc1cc(F)c(OC(F)(F)F)c(F)c1)c1ncncc12. The van der Waals surface area contributed by atoms with E-state index in [4.69, 9.17) is 9.47 Å². The summed E-state index contributed by atoms with van der Waals surface area (Å²) in [5.41, 5.74) is 1.14. The van der Waals surface area contributed by atoms with Crippen LogP contribution in [-0.2, 0) is 11.3 Å². The van der Waals surface area contributed by atoms with E-state index >= 15 is 0 Å². The van der Waals surface area contributed by atoms with Gasteiger partial charge in [-0.25, -0.2) is 28.5 Å². The fraction of sp³-hybridized carbons (Fsp3) is 0.308. The van der Waals surface area contributed by atoms with Gasteiger partial charge >= 0.3 is 12.3 Å². The van der Waals surface area contributed by atoms with Crippen LogP contribution in [0.2, 0.25) is 0 Å². The molecular weight excluding hydrogens is 543 g/mol. The van der Waals surface area contributed by atoms with Gasteiger partial charge in [0.25, 0.3) is 0 Å². The number of hydrogen-bond acceptors (Lipinski definition) is 8. The minimum absolute atomic E-state index is 0.0546. The van der Waals surface area contributed by atoms with E-state index in [1.54, 1.807) is 12.3 Å². The summed E-state index contributed by atoms with van der Waals surface area (Å²) in [7, 11) is 0. The molecule has 9 nitrogen and oxygen atoms in total. The second kappa shape index (κ2) is 12.8. The number of rotatable bonds is 13. The normalized spacial score (nSPS) is 11.7. The Morgan fingerprint density at radius 2 is 1.77 bits per heavy atom. The molecule has 40 heavy (non-hydrogen) atoms. The van der Waals surface area contributed by atoms with Crippen LogP contribution < -0.4 is 14.8 Å². The third-order valence-electron chi connectivity index (χ3n) is 5.64. The fourth-order valence-electron chi connectivity index (χ4n) is 3.86. The number of carboxylic acids is 1. The van der Waals surface area contributed by atoms with Gasteiger partial charge in [0.2, 0.25) is 11.6 Å². The molecule has 4 rings (SSSR count). The van der Waals surface area contributed by atoms with Crippen molar-refractivity contribution in [3.63, 3.8) is 0 Å². The van der Waals surface area contributed by atoms with Crippen LogP contribution in [-0.4, -0.2) is 58.8 Å². The van der Waals surface area contributed by atoms with Gasteiger partial charge in [-0.2, -0.15) is 0 Å². The molecular formula is C26H23F5N4O5. The maximum atomic E-state index is 13.8. The summed E-state index contributed by atoms with van der Waals surface area (Å²) in [5.74, 6) is -5.20. The van der Waals surface area contributed by atoms with E-state index in [0.717, 1.165) is 12.1 Å². The number of carboxylic acid groups (broad SMARTS) is 1. The van der Waals surface area contributed by atoms with E-state index in [1.165, 1.54) is 18.5 Å². The largest absolute Gasteiger partial charge is 0.573 e. The van der Waals surface area contributed by atoms with Gasteiger partial charge in [-0.05, 0) is 49.2 Å². The van der Waals surface area contributed by atoms with Gasteiger partial charge in [0, 0.05) is 30.1 Å². The molecule has 2 aromatic carbocycles. The van der Waals surface area contributed by atoms with Crippen molar-refractivity contribution in [1.82, 2.24) is 20.3 Å². The number of nitrogens with one attached hydrogen (secondary N) is 1. The van der Waals surface area contributed by atoms with Crippen molar-refractivity contribution >= 4 is 27.8 Å². The summed E-state index contributed by atoms with van der Waals surface area (Å²) in [6.45, 7) is 1.36. The number of hydrogen-bond donors (Lipinski definition) is 2. The summed E-state index contributed by atoms with van der Waals surface area (Å²) >= 11 is 0. The standard InChI is InChI=1S/C26H23F5N4O5/c27-19-9-15(10-20(28)23(19)40-26(29,30)31)12-32-5-1-2-6-38-7-8-39-24-22-18(13-33-14-34-22)17-4-3-16(25(36)37)11-21(17)35-24/h3-4,9-11,13-14,32H,1-2,5-8,12H2,(H,36,37). The maximum absolute atomic E-state index is 13.8. The Hall–Kier alpha value is -4.17. The van der Waals surface area contributed by atoms with Gasteiger partial charge in [-0.1, -0.05) is 6.07 Å². The van der Waals surface area contributed by atoms with E-state index in [9.17, 15) is 31.9 Å². The first-order chi connectivity index (χ1) is 19.1.